The van der Waals surface area contributed by atoms with Gasteiger partial charge in [0.25, 0.3) is 0 Å². The molecule has 3 rings (SSSR count). The van der Waals surface area contributed by atoms with Gasteiger partial charge in [0, 0.05) is 31.0 Å². The van der Waals surface area contributed by atoms with Gasteiger partial charge in [-0.1, -0.05) is 18.2 Å². The number of benzene rings is 3. The van der Waals surface area contributed by atoms with E-state index >= 15 is 0 Å². The van der Waals surface area contributed by atoms with Crippen LogP contribution < -0.4 is 19.3 Å². The maximum Gasteiger partial charge on any atom is 0.381 e. The van der Waals surface area contributed by atoms with Crippen molar-refractivity contribution in [2.75, 3.05) is 30.3 Å². The summed E-state index contributed by atoms with van der Waals surface area (Å²) in [6.45, 7) is 3.01. The molecule has 0 heterocycles. The molecule has 0 radical (unpaired) electrons. The summed E-state index contributed by atoms with van der Waals surface area (Å²) in [4.78, 5) is 48.2. The van der Waals surface area contributed by atoms with Gasteiger partial charge >= 0.3 is 13.6 Å². The minimum atomic E-state index is -3.91. The molecule has 0 saturated carbocycles. The maximum atomic E-state index is 13.5. The summed E-state index contributed by atoms with van der Waals surface area (Å²) in [7, 11) is -7.55. The normalized spacial score (nSPS) is 13.0. The van der Waals surface area contributed by atoms with Crippen LogP contribution in [0.2, 0.25) is 0 Å². The number of esters is 1. The lowest BCUT2D eigenvalue weighted by molar-refractivity contribution is -0.150. The van der Waals surface area contributed by atoms with Crippen LogP contribution in [-0.4, -0.2) is 57.8 Å². The number of hydrogen-bond acceptors (Lipinski definition) is 12. The molecule has 0 aliphatic rings. The van der Waals surface area contributed by atoms with Gasteiger partial charge in [-0.25, -0.2) is 17.8 Å². The van der Waals surface area contributed by atoms with Crippen molar-refractivity contribution in [2.45, 2.75) is 32.8 Å². The smallest absolute Gasteiger partial charge is 0.381 e. The molecule has 0 aromatic heterocycles. The molecule has 0 aliphatic heterocycles. The number of para-hydroxylation sites is 1. The van der Waals surface area contributed by atoms with Crippen molar-refractivity contribution in [3.63, 3.8) is 0 Å². The summed E-state index contributed by atoms with van der Waals surface area (Å²) >= 11 is 0. The van der Waals surface area contributed by atoms with E-state index in [0.29, 0.717) is 5.56 Å². The summed E-state index contributed by atoms with van der Waals surface area (Å²) in [5, 5.41) is 5.41. The van der Waals surface area contributed by atoms with E-state index in [0.717, 1.165) is 6.26 Å². The fourth-order valence-electron chi connectivity index (χ4n) is 3.87. The second-order valence-electron chi connectivity index (χ2n) is 9.78. The fourth-order valence-corrected chi connectivity index (χ4v) is 6.07. The molecule has 46 heavy (non-hydrogen) atoms. The number of sulfonamides is 1. The number of nitrogens with one attached hydrogen (secondary N) is 2. The van der Waals surface area contributed by atoms with Gasteiger partial charge in [0.2, 0.25) is 15.9 Å². The Labute approximate surface area is 266 Å². The zero-order valence-corrected chi connectivity index (χ0v) is 27.0. The molecule has 3 aromatic rings. The van der Waals surface area contributed by atoms with Crippen LogP contribution in [0.3, 0.4) is 0 Å². The van der Waals surface area contributed by atoms with Crippen molar-refractivity contribution in [2.24, 2.45) is 5.18 Å². The van der Waals surface area contributed by atoms with Crippen molar-refractivity contribution in [1.82, 2.24) is 5.32 Å². The van der Waals surface area contributed by atoms with Crippen LogP contribution in [0, 0.1) is 4.91 Å². The van der Waals surface area contributed by atoms with Crippen LogP contribution in [0.1, 0.15) is 37.0 Å². The monoisotopic (exact) mass is 675 g/mol. The van der Waals surface area contributed by atoms with Gasteiger partial charge < -0.3 is 19.3 Å². The van der Waals surface area contributed by atoms with Crippen LogP contribution in [-0.2, 0) is 33.4 Å². The van der Waals surface area contributed by atoms with Crippen LogP contribution in [0.25, 0.3) is 0 Å². The minimum absolute atomic E-state index is 0.0180. The quantitative estimate of drug-likeness (QED) is 0.0741. The van der Waals surface area contributed by atoms with Crippen LogP contribution in [0.5, 0.6) is 17.2 Å². The van der Waals surface area contributed by atoms with Gasteiger partial charge in [0.1, 0.15) is 17.2 Å². The minimum Gasteiger partial charge on any atom is -0.464 e. The average Bonchev–Trinajstić information content (AvgIpc) is 3.01. The third-order valence-electron chi connectivity index (χ3n) is 5.98. The summed E-state index contributed by atoms with van der Waals surface area (Å²) in [6, 6.07) is 18.1. The Morgan fingerprint density at radius 2 is 1.65 bits per heavy atom. The van der Waals surface area contributed by atoms with E-state index in [2.05, 4.69) is 15.2 Å². The Morgan fingerprint density at radius 1 is 0.957 bits per heavy atom. The molecule has 2 atom stereocenters. The Balaban J connectivity index is 1.55. The number of anilines is 1. The highest BCUT2D eigenvalue weighted by molar-refractivity contribution is 7.92. The van der Waals surface area contributed by atoms with E-state index in [-0.39, 0.29) is 66.6 Å². The van der Waals surface area contributed by atoms with Crippen molar-refractivity contribution in [1.29, 1.82) is 0 Å². The highest BCUT2D eigenvalue weighted by atomic mass is 32.2. The first-order valence-corrected chi connectivity index (χ1v) is 17.6. The number of nitrogens with zero attached hydrogens (tertiary/aromatic N) is 1. The Morgan fingerprint density at radius 3 is 2.28 bits per heavy atom. The summed E-state index contributed by atoms with van der Waals surface area (Å²) < 4.78 is 60.8. The van der Waals surface area contributed by atoms with Gasteiger partial charge in [-0.2, -0.15) is 0 Å². The van der Waals surface area contributed by atoms with E-state index < -0.39 is 35.6 Å². The standard InChI is InChI=1S/C30H34N3O11PS/c1-4-41-30(36)21(2)43-45(38,44-25-8-6-5-7-9-25)19-18-31-29(35)17-16-27(34)22-10-13-24(14-11-22)42-28-20-23(32-37)12-15-26(28)33-46(3,39)40/h5-15,20-21,33H,4,16-19H2,1-3H3,(H,31,35)/t21-,45?/m1/s1. The van der Waals surface area contributed by atoms with E-state index in [1.54, 1.807) is 37.3 Å². The molecule has 0 fully saturated rings. The molecule has 0 spiro atoms. The lowest BCUT2D eigenvalue weighted by Crippen LogP contribution is -2.29. The van der Waals surface area contributed by atoms with Gasteiger partial charge in [-0.15, -0.1) is 4.91 Å². The van der Waals surface area contributed by atoms with Crippen LogP contribution in [0.4, 0.5) is 11.4 Å². The largest absolute Gasteiger partial charge is 0.464 e. The number of ether oxygens (including phenoxy) is 2. The molecule has 0 bridgehead atoms. The summed E-state index contributed by atoms with van der Waals surface area (Å²) in [5.74, 6) is -0.994. The number of ketones is 1. The lowest BCUT2D eigenvalue weighted by Gasteiger charge is -2.22. The van der Waals surface area contributed by atoms with Crippen molar-refractivity contribution in [3.05, 3.63) is 83.3 Å². The number of carbonyl (C=O) groups excluding carboxylic acids is 3. The third-order valence-corrected chi connectivity index (χ3v) is 8.47. The molecule has 3 aromatic carbocycles. The molecule has 1 amide bonds. The second kappa shape index (κ2) is 16.6. The van der Waals surface area contributed by atoms with Crippen LogP contribution >= 0.6 is 7.60 Å². The zero-order chi connectivity index (χ0) is 33.7. The number of hydrogen-bond donors (Lipinski definition) is 2. The molecule has 16 heteroatoms. The molecule has 14 nitrogen and oxygen atoms in total. The molecular formula is C30H34N3O11PS. The SMILES string of the molecule is CCOC(=O)[C@@H](C)OP(=O)(CCNC(=O)CCC(=O)c1ccc(Oc2cc(N=O)ccc2NS(C)(=O)=O)cc1)Oc1ccccc1. The fraction of sp³-hybridized carbons (Fsp3) is 0.300. The number of rotatable bonds is 18. The number of carbonyl (C=O) groups is 3. The first-order chi connectivity index (χ1) is 21.8. The highest BCUT2D eigenvalue weighted by Crippen LogP contribution is 2.49. The summed E-state index contributed by atoms with van der Waals surface area (Å²) in [5.41, 5.74) is 0.397. The molecule has 246 valence electrons. The predicted octanol–water partition coefficient (Wildman–Crippen LogP) is 5.57. The topological polar surface area (TPSA) is 193 Å². The highest BCUT2D eigenvalue weighted by Gasteiger charge is 2.32. The number of Topliss-reactive ketones (excluding diaryl/α,β-unsaturated/α-hetero) is 1. The number of amides is 1. The lowest BCUT2D eigenvalue weighted by atomic mass is 10.1. The Hall–Kier alpha value is -4.59. The zero-order valence-electron chi connectivity index (χ0n) is 25.3. The average molecular weight is 676 g/mol. The van der Waals surface area contributed by atoms with E-state index in [9.17, 15) is 32.3 Å². The first-order valence-electron chi connectivity index (χ1n) is 14.0. The maximum absolute atomic E-state index is 13.5. The molecule has 0 aliphatic carbocycles. The molecule has 0 saturated heterocycles. The van der Waals surface area contributed by atoms with Crippen molar-refractivity contribution in [3.8, 4) is 17.2 Å². The van der Waals surface area contributed by atoms with E-state index in [4.69, 9.17) is 18.5 Å². The van der Waals surface area contributed by atoms with E-state index in [1.807, 2.05) is 0 Å². The summed E-state index contributed by atoms with van der Waals surface area (Å²) in [6.07, 6.45) is -0.751. The van der Waals surface area contributed by atoms with Gasteiger partial charge in [-0.05, 0) is 67.6 Å². The molecule has 1 unspecified atom stereocenters. The van der Waals surface area contributed by atoms with Gasteiger partial charge in [-0.3, -0.25) is 18.8 Å². The second-order valence-corrected chi connectivity index (χ2v) is 13.6. The third kappa shape index (κ3) is 11.7. The van der Waals surface area contributed by atoms with Crippen LogP contribution in [0.15, 0.2) is 78.0 Å². The van der Waals surface area contributed by atoms with Crippen molar-refractivity contribution < 1.29 is 45.9 Å². The van der Waals surface area contributed by atoms with Crippen molar-refractivity contribution >= 4 is 46.7 Å². The molecular weight excluding hydrogens is 641 g/mol. The first kappa shape index (κ1) is 35.9. The van der Waals surface area contributed by atoms with E-state index in [1.165, 1.54) is 49.4 Å². The van der Waals surface area contributed by atoms with Gasteiger partial charge in [0.05, 0.1) is 24.7 Å². The number of nitroso groups, excluding NO2 is 1. The predicted molar refractivity (Wildman–Crippen MR) is 170 cm³/mol. The molecule has 2 N–H and O–H groups in total. The van der Waals surface area contributed by atoms with Gasteiger partial charge in [0.15, 0.2) is 17.6 Å². The Bertz CT molecular complexity index is 1680. The Kier molecular flexibility index (Phi) is 13.0.